The standard InChI is InChI=1S/C27H25N5OS2/c1-32(17-19-12-13-23-22(16-19)24(33)31-25(29)30-23)26(34)35-15-14-27(18-28,20-8-4-2-5-9-20)21-10-6-3-7-11-21/h2-13,16H,14-15,17H2,1H3,(H3,29,30,31,33). The smallest absolute Gasteiger partial charge is 0.260 e. The van der Waals surface area contributed by atoms with E-state index in [1.165, 1.54) is 0 Å². The van der Waals surface area contributed by atoms with Gasteiger partial charge in [0, 0.05) is 19.3 Å². The number of hydrogen-bond acceptors (Lipinski definition) is 6. The molecule has 0 amide bonds. The minimum absolute atomic E-state index is 0.101. The van der Waals surface area contributed by atoms with E-state index in [1.807, 2.05) is 84.7 Å². The maximum Gasteiger partial charge on any atom is 0.260 e. The predicted octanol–water partition coefficient (Wildman–Crippen LogP) is 4.86. The molecule has 0 saturated carbocycles. The Morgan fingerprint density at radius 2 is 1.74 bits per heavy atom. The lowest BCUT2D eigenvalue weighted by atomic mass is 9.74. The fourth-order valence-corrected chi connectivity index (χ4v) is 5.31. The Morgan fingerprint density at radius 3 is 2.34 bits per heavy atom. The van der Waals surface area contributed by atoms with E-state index in [-0.39, 0.29) is 11.5 Å². The summed E-state index contributed by atoms with van der Waals surface area (Å²) in [4.78, 5) is 20.9. The van der Waals surface area contributed by atoms with Gasteiger partial charge in [-0.1, -0.05) is 90.7 Å². The summed E-state index contributed by atoms with van der Waals surface area (Å²) >= 11 is 7.24. The van der Waals surface area contributed by atoms with E-state index in [2.05, 4.69) is 16.0 Å². The highest BCUT2D eigenvalue weighted by Gasteiger charge is 2.34. The number of nitrogens with one attached hydrogen (secondary N) is 1. The quantitative estimate of drug-likeness (QED) is 0.351. The molecule has 35 heavy (non-hydrogen) atoms. The van der Waals surface area contributed by atoms with Gasteiger partial charge >= 0.3 is 0 Å². The molecule has 0 aliphatic carbocycles. The van der Waals surface area contributed by atoms with Gasteiger partial charge in [-0.2, -0.15) is 5.26 Å². The normalized spacial score (nSPS) is 11.2. The third-order valence-electron chi connectivity index (χ3n) is 5.95. The van der Waals surface area contributed by atoms with Crippen molar-refractivity contribution in [2.75, 3.05) is 18.5 Å². The van der Waals surface area contributed by atoms with Crippen LogP contribution >= 0.6 is 24.0 Å². The van der Waals surface area contributed by atoms with E-state index >= 15 is 0 Å². The number of fused-ring (bicyclic) bond motifs is 1. The number of aromatic amines is 1. The van der Waals surface area contributed by atoms with E-state index in [0.717, 1.165) is 21.0 Å². The number of H-pyrrole nitrogens is 1. The molecule has 0 aliphatic heterocycles. The van der Waals surface area contributed by atoms with Gasteiger partial charge in [-0.25, -0.2) is 4.98 Å². The summed E-state index contributed by atoms with van der Waals surface area (Å²) in [6.07, 6.45) is 0.620. The minimum Gasteiger partial charge on any atom is -0.369 e. The van der Waals surface area contributed by atoms with Crippen molar-refractivity contribution in [2.24, 2.45) is 0 Å². The molecule has 176 valence electrons. The maximum absolute atomic E-state index is 12.2. The van der Waals surface area contributed by atoms with Gasteiger partial charge < -0.3 is 10.6 Å². The second-order valence-electron chi connectivity index (χ2n) is 8.27. The van der Waals surface area contributed by atoms with Crippen molar-refractivity contribution in [3.05, 3.63) is 106 Å². The first-order valence-electron chi connectivity index (χ1n) is 11.1. The number of anilines is 1. The summed E-state index contributed by atoms with van der Waals surface area (Å²) in [7, 11) is 1.93. The van der Waals surface area contributed by atoms with Crippen LogP contribution < -0.4 is 11.3 Å². The van der Waals surface area contributed by atoms with E-state index < -0.39 is 5.41 Å². The lowest BCUT2D eigenvalue weighted by Crippen LogP contribution is -2.28. The Hall–Kier alpha value is -3.67. The number of rotatable bonds is 7. The number of nitriles is 1. The number of benzene rings is 3. The number of hydrogen-bond donors (Lipinski definition) is 2. The zero-order chi connectivity index (χ0) is 24.8. The number of aromatic nitrogens is 2. The summed E-state index contributed by atoms with van der Waals surface area (Å²) in [6, 6.07) is 28.0. The first-order chi connectivity index (χ1) is 16.9. The molecule has 0 radical (unpaired) electrons. The predicted molar refractivity (Wildman–Crippen MR) is 147 cm³/mol. The van der Waals surface area contributed by atoms with Gasteiger partial charge in [0.2, 0.25) is 5.95 Å². The molecule has 0 atom stereocenters. The zero-order valence-corrected chi connectivity index (χ0v) is 20.9. The highest BCUT2D eigenvalue weighted by molar-refractivity contribution is 8.22. The SMILES string of the molecule is CN(Cc1ccc2nc(N)[nH]c(=O)c2c1)C(=S)SCCC(C#N)(c1ccccc1)c1ccccc1. The molecular formula is C27H25N5OS2. The van der Waals surface area contributed by atoms with Crippen LogP contribution in [0.4, 0.5) is 5.95 Å². The molecule has 0 saturated heterocycles. The molecule has 0 spiro atoms. The zero-order valence-electron chi connectivity index (χ0n) is 19.3. The third kappa shape index (κ3) is 5.37. The van der Waals surface area contributed by atoms with Crippen LogP contribution in [0.5, 0.6) is 0 Å². The van der Waals surface area contributed by atoms with Crippen molar-refractivity contribution in [1.82, 2.24) is 14.9 Å². The van der Waals surface area contributed by atoms with Gasteiger partial charge in [-0.05, 0) is 35.2 Å². The van der Waals surface area contributed by atoms with Crippen LogP contribution in [-0.2, 0) is 12.0 Å². The lowest BCUT2D eigenvalue weighted by Gasteiger charge is -2.28. The first-order valence-corrected chi connectivity index (χ1v) is 12.5. The van der Waals surface area contributed by atoms with Gasteiger partial charge in [0.25, 0.3) is 5.56 Å². The Kier molecular flexibility index (Phi) is 7.49. The van der Waals surface area contributed by atoms with E-state index in [9.17, 15) is 10.1 Å². The Balaban J connectivity index is 1.46. The summed E-state index contributed by atoms with van der Waals surface area (Å²) in [5.74, 6) is 0.783. The molecule has 3 aromatic carbocycles. The second-order valence-corrected chi connectivity index (χ2v) is 10.0. The molecule has 1 aromatic heterocycles. The van der Waals surface area contributed by atoms with Crippen LogP contribution in [0.1, 0.15) is 23.1 Å². The van der Waals surface area contributed by atoms with E-state index in [1.54, 1.807) is 17.8 Å². The highest BCUT2D eigenvalue weighted by atomic mass is 32.2. The topological polar surface area (TPSA) is 98.8 Å². The second kappa shape index (κ2) is 10.7. The average Bonchev–Trinajstić information content (AvgIpc) is 2.88. The van der Waals surface area contributed by atoms with Crippen LogP contribution in [0, 0.1) is 11.3 Å². The van der Waals surface area contributed by atoms with Crippen LogP contribution in [0.15, 0.2) is 83.7 Å². The van der Waals surface area contributed by atoms with Crippen molar-refractivity contribution in [3.8, 4) is 6.07 Å². The van der Waals surface area contributed by atoms with Crippen molar-refractivity contribution in [3.63, 3.8) is 0 Å². The number of nitrogens with two attached hydrogens (primary N) is 1. The molecule has 0 aliphatic rings. The van der Waals surface area contributed by atoms with E-state index in [0.29, 0.717) is 29.6 Å². The summed E-state index contributed by atoms with van der Waals surface area (Å²) < 4.78 is 0.724. The van der Waals surface area contributed by atoms with Gasteiger partial charge in [-0.15, -0.1) is 0 Å². The van der Waals surface area contributed by atoms with Crippen molar-refractivity contribution < 1.29 is 0 Å². The molecular weight excluding hydrogens is 474 g/mol. The number of nitrogen functional groups attached to an aromatic ring is 1. The van der Waals surface area contributed by atoms with Crippen LogP contribution in [0.25, 0.3) is 10.9 Å². The Bertz CT molecular complexity index is 1390. The molecule has 6 nitrogen and oxygen atoms in total. The summed E-state index contributed by atoms with van der Waals surface area (Å²) in [6.45, 7) is 0.548. The highest BCUT2D eigenvalue weighted by Crippen LogP contribution is 2.36. The molecule has 0 fully saturated rings. The fourth-order valence-electron chi connectivity index (χ4n) is 4.13. The van der Waals surface area contributed by atoms with Gasteiger partial charge in [-0.3, -0.25) is 9.78 Å². The number of nitrogens with zero attached hydrogens (tertiary/aromatic N) is 3. The van der Waals surface area contributed by atoms with Crippen molar-refractivity contribution in [1.29, 1.82) is 5.26 Å². The molecule has 0 bridgehead atoms. The molecule has 4 rings (SSSR count). The van der Waals surface area contributed by atoms with Gasteiger partial charge in [0.15, 0.2) is 0 Å². The number of thioether (sulfide) groups is 1. The molecule has 1 heterocycles. The lowest BCUT2D eigenvalue weighted by molar-refractivity contribution is 0.519. The van der Waals surface area contributed by atoms with Crippen molar-refractivity contribution in [2.45, 2.75) is 18.4 Å². The monoisotopic (exact) mass is 499 g/mol. The maximum atomic E-state index is 12.2. The molecule has 4 aromatic rings. The Labute approximate surface area is 213 Å². The molecule has 8 heteroatoms. The summed E-state index contributed by atoms with van der Waals surface area (Å²) in [5, 5.41) is 10.8. The fraction of sp³-hybridized carbons (Fsp3) is 0.185. The molecule has 3 N–H and O–H groups in total. The van der Waals surface area contributed by atoms with Crippen LogP contribution in [0.3, 0.4) is 0 Å². The first kappa shape index (κ1) is 24.5. The third-order valence-corrected chi connectivity index (χ3v) is 7.58. The van der Waals surface area contributed by atoms with Gasteiger partial charge in [0.05, 0.1) is 17.0 Å². The largest absolute Gasteiger partial charge is 0.369 e. The van der Waals surface area contributed by atoms with Gasteiger partial charge in [0.1, 0.15) is 9.74 Å². The summed E-state index contributed by atoms with van der Waals surface area (Å²) in [5.41, 5.74) is 8.07. The van der Waals surface area contributed by atoms with Crippen LogP contribution in [-0.4, -0.2) is 32.0 Å². The number of thiocarbonyl (C=S) groups is 1. The van der Waals surface area contributed by atoms with Crippen LogP contribution in [0.2, 0.25) is 0 Å². The minimum atomic E-state index is -0.752. The Morgan fingerprint density at radius 1 is 1.11 bits per heavy atom. The average molecular weight is 500 g/mol. The van der Waals surface area contributed by atoms with Crippen molar-refractivity contribution >= 4 is 45.2 Å². The van der Waals surface area contributed by atoms with E-state index in [4.69, 9.17) is 18.0 Å². The molecule has 0 unspecified atom stereocenters.